The zero-order chi connectivity index (χ0) is 13.8. The Morgan fingerprint density at radius 2 is 1.84 bits per heavy atom. The number of hydrogen-bond donors (Lipinski definition) is 1. The van der Waals surface area contributed by atoms with Crippen LogP contribution in [-0.4, -0.2) is 30.6 Å². The third kappa shape index (κ3) is 4.23. The van der Waals surface area contributed by atoms with E-state index in [1.165, 1.54) is 25.0 Å². The minimum absolute atomic E-state index is 0.108. The van der Waals surface area contributed by atoms with Gasteiger partial charge in [-0.3, -0.25) is 0 Å². The Balaban J connectivity index is 1.87. The van der Waals surface area contributed by atoms with Crippen LogP contribution in [0.4, 0.5) is 8.78 Å². The van der Waals surface area contributed by atoms with E-state index < -0.39 is 11.6 Å². The van der Waals surface area contributed by atoms with Crippen molar-refractivity contribution in [3.8, 4) is 0 Å². The van der Waals surface area contributed by atoms with E-state index in [-0.39, 0.29) is 18.2 Å². The van der Waals surface area contributed by atoms with Crippen LogP contribution < -0.4 is 5.32 Å². The molecular weight excluding hydrogens is 314 g/mol. The van der Waals surface area contributed by atoms with Crippen molar-refractivity contribution in [1.82, 2.24) is 10.2 Å². The van der Waals surface area contributed by atoms with Gasteiger partial charge in [-0.2, -0.15) is 0 Å². The van der Waals surface area contributed by atoms with Crippen LogP contribution in [0.1, 0.15) is 25.3 Å². The van der Waals surface area contributed by atoms with E-state index in [0.29, 0.717) is 4.47 Å². The number of nitrogens with one attached hydrogen (secondary N) is 1. The quantitative estimate of drug-likeness (QED) is 0.889. The number of halogens is 3. The molecule has 1 atom stereocenters. The van der Waals surface area contributed by atoms with Crippen molar-refractivity contribution in [1.29, 1.82) is 0 Å². The molecule has 1 N–H and O–H groups in total. The van der Waals surface area contributed by atoms with E-state index in [0.717, 1.165) is 19.6 Å². The Kier molecular flexibility index (Phi) is 5.30. The summed E-state index contributed by atoms with van der Waals surface area (Å²) in [4.78, 5) is 2.38. The van der Waals surface area contributed by atoms with Crippen molar-refractivity contribution in [3.05, 3.63) is 33.8 Å². The van der Waals surface area contributed by atoms with Crippen molar-refractivity contribution in [3.63, 3.8) is 0 Å². The van der Waals surface area contributed by atoms with Crippen molar-refractivity contribution in [2.45, 2.75) is 32.4 Å². The van der Waals surface area contributed by atoms with Crippen molar-refractivity contribution in [2.75, 3.05) is 19.6 Å². The molecule has 1 unspecified atom stereocenters. The lowest BCUT2D eigenvalue weighted by molar-refractivity contribution is 0.297. The fraction of sp³-hybridized carbons (Fsp3) is 0.571. The molecule has 1 aliphatic rings. The standard InChI is InChI=1S/C14H19BrF2N2/c1-10(9-19-4-2-3-5-19)18-8-12-13(16)6-11(15)7-14(12)17/h6-7,10,18H,2-5,8-9H2,1H3. The van der Waals surface area contributed by atoms with Gasteiger partial charge < -0.3 is 10.2 Å². The molecule has 0 spiro atoms. The van der Waals surface area contributed by atoms with E-state index in [1.807, 2.05) is 6.92 Å². The van der Waals surface area contributed by atoms with Gasteiger partial charge in [0.15, 0.2) is 0 Å². The van der Waals surface area contributed by atoms with Crippen LogP contribution in [0.3, 0.4) is 0 Å². The lowest BCUT2D eigenvalue weighted by atomic mass is 10.2. The average Bonchev–Trinajstić information content (AvgIpc) is 2.80. The highest BCUT2D eigenvalue weighted by atomic mass is 79.9. The average molecular weight is 333 g/mol. The molecule has 1 saturated heterocycles. The van der Waals surface area contributed by atoms with Crippen molar-refractivity contribution in [2.24, 2.45) is 0 Å². The third-order valence-electron chi connectivity index (χ3n) is 3.46. The van der Waals surface area contributed by atoms with Crippen LogP contribution in [0.25, 0.3) is 0 Å². The molecule has 2 rings (SSSR count). The Labute approximate surface area is 121 Å². The van der Waals surface area contributed by atoms with E-state index in [1.54, 1.807) is 0 Å². The summed E-state index contributed by atoms with van der Waals surface area (Å²) in [6, 6.07) is 2.82. The highest BCUT2D eigenvalue weighted by Crippen LogP contribution is 2.19. The minimum Gasteiger partial charge on any atom is -0.309 e. The molecule has 0 radical (unpaired) electrons. The molecule has 1 heterocycles. The number of nitrogens with zero attached hydrogens (tertiary/aromatic N) is 1. The number of rotatable bonds is 5. The molecule has 1 fully saturated rings. The van der Waals surface area contributed by atoms with Crippen LogP contribution in [0.15, 0.2) is 16.6 Å². The highest BCUT2D eigenvalue weighted by molar-refractivity contribution is 9.10. The summed E-state index contributed by atoms with van der Waals surface area (Å²) in [7, 11) is 0. The van der Waals surface area contributed by atoms with Gasteiger partial charge in [0.1, 0.15) is 11.6 Å². The molecule has 5 heteroatoms. The van der Waals surface area contributed by atoms with Gasteiger partial charge in [0.25, 0.3) is 0 Å². The van der Waals surface area contributed by atoms with E-state index in [9.17, 15) is 8.78 Å². The number of likely N-dealkylation sites (tertiary alicyclic amines) is 1. The predicted molar refractivity (Wildman–Crippen MR) is 76.0 cm³/mol. The fourth-order valence-corrected chi connectivity index (χ4v) is 2.84. The summed E-state index contributed by atoms with van der Waals surface area (Å²) in [5, 5.41) is 3.19. The predicted octanol–water partition coefficient (Wildman–Crippen LogP) is 3.30. The van der Waals surface area contributed by atoms with Gasteiger partial charge in [-0.05, 0) is 45.0 Å². The maximum absolute atomic E-state index is 13.6. The van der Waals surface area contributed by atoms with Crippen molar-refractivity contribution >= 4 is 15.9 Å². The first-order valence-electron chi connectivity index (χ1n) is 6.65. The third-order valence-corrected chi connectivity index (χ3v) is 3.92. The Morgan fingerprint density at radius 3 is 2.42 bits per heavy atom. The lowest BCUT2D eigenvalue weighted by Crippen LogP contribution is -2.37. The van der Waals surface area contributed by atoms with E-state index in [4.69, 9.17) is 0 Å². The van der Waals surface area contributed by atoms with Crippen LogP contribution in [-0.2, 0) is 6.54 Å². The number of benzene rings is 1. The van der Waals surface area contributed by atoms with E-state index in [2.05, 4.69) is 26.1 Å². The normalized spacial score (nSPS) is 17.9. The summed E-state index contributed by atoms with van der Waals surface area (Å²) in [5.74, 6) is -1.01. The second kappa shape index (κ2) is 6.77. The fourth-order valence-electron chi connectivity index (χ4n) is 2.43. The van der Waals surface area contributed by atoms with E-state index >= 15 is 0 Å². The second-order valence-electron chi connectivity index (χ2n) is 5.14. The Hall–Kier alpha value is -0.520. The van der Waals surface area contributed by atoms with Crippen LogP contribution in [0, 0.1) is 11.6 Å². The summed E-state index contributed by atoms with van der Waals surface area (Å²) in [5.41, 5.74) is 0.108. The molecule has 0 aliphatic carbocycles. The summed E-state index contributed by atoms with van der Waals surface area (Å²) in [6.07, 6.45) is 2.51. The molecule has 0 amide bonds. The zero-order valence-corrected chi connectivity index (χ0v) is 12.6. The molecule has 1 aromatic carbocycles. The molecule has 19 heavy (non-hydrogen) atoms. The van der Waals surface area contributed by atoms with Gasteiger partial charge >= 0.3 is 0 Å². The first-order valence-corrected chi connectivity index (χ1v) is 7.44. The van der Waals surface area contributed by atoms with Gasteiger partial charge in [-0.15, -0.1) is 0 Å². The molecule has 0 bridgehead atoms. The van der Waals surface area contributed by atoms with Gasteiger partial charge in [0.05, 0.1) is 0 Å². The molecule has 2 nitrogen and oxygen atoms in total. The first-order chi connectivity index (χ1) is 9.06. The van der Waals surface area contributed by atoms with Gasteiger partial charge in [-0.25, -0.2) is 8.78 Å². The smallest absolute Gasteiger partial charge is 0.131 e. The van der Waals surface area contributed by atoms with Gasteiger partial charge in [0, 0.05) is 29.2 Å². The zero-order valence-electron chi connectivity index (χ0n) is 11.1. The Bertz CT molecular complexity index is 410. The number of hydrogen-bond acceptors (Lipinski definition) is 2. The topological polar surface area (TPSA) is 15.3 Å². The second-order valence-corrected chi connectivity index (χ2v) is 6.05. The Morgan fingerprint density at radius 1 is 1.26 bits per heavy atom. The molecule has 0 saturated carbocycles. The summed E-state index contributed by atoms with van der Waals surface area (Å²) in [6.45, 7) is 5.47. The monoisotopic (exact) mass is 332 g/mol. The molecule has 106 valence electrons. The van der Waals surface area contributed by atoms with Crippen LogP contribution >= 0.6 is 15.9 Å². The molecule has 0 aromatic heterocycles. The minimum atomic E-state index is -0.507. The van der Waals surface area contributed by atoms with Crippen LogP contribution in [0.5, 0.6) is 0 Å². The molecular formula is C14H19BrF2N2. The van der Waals surface area contributed by atoms with Gasteiger partial charge in [0.2, 0.25) is 0 Å². The van der Waals surface area contributed by atoms with Crippen LogP contribution in [0.2, 0.25) is 0 Å². The lowest BCUT2D eigenvalue weighted by Gasteiger charge is -2.21. The largest absolute Gasteiger partial charge is 0.309 e. The maximum atomic E-state index is 13.6. The SMILES string of the molecule is CC(CN1CCCC1)NCc1c(F)cc(Br)cc1F. The summed E-state index contributed by atoms with van der Waals surface area (Å²) >= 11 is 3.08. The first kappa shape index (κ1) is 14.9. The van der Waals surface area contributed by atoms with Crippen molar-refractivity contribution < 1.29 is 8.78 Å². The maximum Gasteiger partial charge on any atom is 0.131 e. The highest BCUT2D eigenvalue weighted by Gasteiger charge is 2.16. The summed E-state index contributed by atoms with van der Waals surface area (Å²) < 4.78 is 27.7. The molecule has 1 aromatic rings. The molecule has 1 aliphatic heterocycles. The van der Waals surface area contributed by atoms with Gasteiger partial charge in [-0.1, -0.05) is 15.9 Å².